The Morgan fingerprint density at radius 1 is 1.11 bits per heavy atom. The smallest absolute Gasteiger partial charge is 0.0758 e. The molecular weight excluding hydrogens is 234 g/mol. The molecule has 0 heterocycles. The molecule has 0 aromatic heterocycles. The van der Waals surface area contributed by atoms with Gasteiger partial charge in [0.2, 0.25) is 0 Å². The van der Waals surface area contributed by atoms with Crippen LogP contribution in [0.25, 0.3) is 0 Å². The summed E-state index contributed by atoms with van der Waals surface area (Å²) in [6.45, 7) is 14.8. The number of aliphatic hydroxyl groups is 1. The summed E-state index contributed by atoms with van der Waals surface area (Å²) < 4.78 is 0. The van der Waals surface area contributed by atoms with Gasteiger partial charge in [-0.2, -0.15) is 0 Å². The summed E-state index contributed by atoms with van der Waals surface area (Å²) in [5.74, 6) is 0. The van der Waals surface area contributed by atoms with E-state index >= 15 is 0 Å². The van der Waals surface area contributed by atoms with E-state index in [0.717, 1.165) is 19.5 Å². The van der Waals surface area contributed by atoms with Crippen molar-refractivity contribution in [1.82, 2.24) is 4.90 Å². The highest BCUT2D eigenvalue weighted by molar-refractivity contribution is 5.34. The van der Waals surface area contributed by atoms with Crippen molar-refractivity contribution in [2.75, 3.05) is 13.1 Å². The molecule has 0 bridgehead atoms. The normalized spacial score (nSPS) is 13.9. The Kier molecular flexibility index (Phi) is 5.57. The molecule has 0 aliphatic carbocycles. The van der Waals surface area contributed by atoms with Crippen LogP contribution in [0, 0.1) is 13.8 Å². The molecule has 1 N–H and O–H groups in total. The molecule has 108 valence electrons. The van der Waals surface area contributed by atoms with Crippen LogP contribution < -0.4 is 0 Å². The maximum absolute atomic E-state index is 10.7. The van der Waals surface area contributed by atoms with Gasteiger partial charge in [-0.15, -0.1) is 0 Å². The minimum atomic E-state index is -0.354. The number of aliphatic hydroxyl groups excluding tert-OH is 1. The van der Waals surface area contributed by atoms with Gasteiger partial charge < -0.3 is 5.11 Å². The number of likely N-dealkylation sites (N-methyl/N-ethyl adjacent to an activating group) is 1. The molecule has 19 heavy (non-hydrogen) atoms. The Bertz CT molecular complexity index is 387. The largest absolute Gasteiger partial charge is 0.391 e. The zero-order valence-corrected chi connectivity index (χ0v) is 13.3. The van der Waals surface area contributed by atoms with Crippen LogP contribution in [0.4, 0.5) is 0 Å². The van der Waals surface area contributed by atoms with E-state index in [0.29, 0.717) is 0 Å². The Morgan fingerprint density at radius 3 is 2.00 bits per heavy atom. The summed E-state index contributed by atoms with van der Waals surface area (Å²) in [5.41, 5.74) is 3.64. The molecule has 1 atom stereocenters. The first-order chi connectivity index (χ1) is 8.84. The average Bonchev–Trinajstić information content (AvgIpc) is 2.34. The van der Waals surface area contributed by atoms with Crippen molar-refractivity contribution in [3.8, 4) is 0 Å². The Hall–Kier alpha value is -0.860. The van der Waals surface area contributed by atoms with Gasteiger partial charge >= 0.3 is 0 Å². The molecule has 2 heteroatoms. The second kappa shape index (κ2) is 6.53. The van der Waals surface area contributed by atoms with Crippen molar-refractivity contribution in [3.05, 3.63) is 34.9 Å². The molecule has 0 aliphatic heterocycles. The fourth-order valence-electron chi connectivity index (χ4n) is 2.86. The van der Waals surface area contributed by atoms with Crippen molar-refractivity contribution in [2.24, 2.45) is 0 Å². The lowest BCUT2D eigenvalue weighted by Crippen LogP contribution is -2.53. The Morgan fingerprint density at radius 2 is 1.58 bits per heavy atom. The van der Waals surface area contributed by atoms with E-state index in [4.69, 9.17) is 0 Å². The molecular formula is C17H29NO. The standard InChI is InChI=1S/C17H29NO/c1-7-18(8-2)17(5,6)16(19)12-15-13(3)10-9-11-14(15)4/h9-11,16,19H,7-8,12H2,1-6H3. The lowest BCUT2D eigenvalue weighted by atomic mass is 9.87. The van der Waals surface area contributed by atoms with E-state index in [1.165, 1.54) is 16.7 Å². The second-order valence-corrected chi connectivity index (χ2v) is 5.92. The molecule has 1 aromatic carbocycles. The summed E-state index contributed by atoms with van der Waals surface area (Å²) in [7, 11) is 0. The SMILES string of the molecule is CCN(CC)C(C)(C)C(O)Cc1c(C)cccc1C. The minimum Gasteiger partial charge on any atom is -0.391 e. The molecule has 1 aromatic rings. The van der Waals surface area contributed by atoms with Crippen molar-refractivity contribution in [2.45, 2.75) is 59.6 Å². The van der Waals surface area contributed by atoms with Crippen molar-refractivity contribution < 1.29 is 5.11 Å². The van der Waals surface area contributed by atoms with Crippen LogP contribution >= 0.6 is 0 Å². The van der Waals surface area contributed by atoms with Crippen LogP contribution in [0.2, 0.25) is 0 Å². The van der Waals surface area contributed by atoms with Gasteiger partial charge in [-0.1, -0.05) is 32.0 Å². The second-order valence-electron chi connectivity index (χ2n) is 5.92. The van der Waals surface area contributed by atoms with Gasteiger partial charge in [0, 0.05) is 12.0 Å². The van der Waals surface area contributed by atoms with E-state index in [1.54, 1.807) is 0 Å². The number of aryl methyl sites for hydroxylation is 2. The third kappa shape index (κ3) is 3.58. The van der Waals surface area contributed by atoms with Crippen LogP contribution in [0.3, 0.4) is 0 Å². The van der Waals surface area contributed by atoms with E-state index < -0.39 is 0 Å². The first kappa shape index (κ1) is 16.2. The van der Waals surface area contributed by atoms with Gasteiger partial charge in [-0.3, -0.25) is 4.90 Å². The molecule has 1 unspecified atom stereocenters. The Balaban J connectivity index is 2.93. The summed E-state index contributed by atoms with van der Waals surface area (Å²) in [6, 6.07) is 6.33. The van der Waals surface area contributed by atoms with Crippen LogP contribution in [0.1, 0.15) is 44.4 Å². The van der Waals surface area contributed by atoms with E-state index in [1.807, 2.05) is 0 Å². The van der Waals surface area contributed by atoms with Crippen LogP contribution in [0.15, 0.2) is 18.2 Å². The predicted octanol–water partition coefficient (Wildman–Crippen LogP) is 3.33. The van der Waals surface area contributed by atoms with Crippen LogP contribution in [-0.4, -0.2) is 34.7 Å². The number of benzene rings is 1. The molecule has 0 spiro atoms. The van der Waals surface area contributed by atoms with Crippen LogP contribution in [0.5, 0.6) is 0 Å². The molecule has 1 rings (SSSR count). The van der Waals surface area contributed by atoms with Crippen LogP contribution in [-0.2, 0) is 6.42 Å². The number of hydrogen-bond donors (Lipinski definition) is 1. The van der Waals surface area contributed by atoms with Crippen molar-refractivity contribution in [3.63, 3.8) is 0 Å². The number of nitrogens with zero attached hydrogens (tertiary/aromatic N) is 1. The van der Waals surface area contributed by atoms with E-state index in [-0.39, 0.29) is 11.6 Å². The van der Waals surface area contributed by atoms with Gasteiger partial charge in [-0.05, 0) is 57.5 Å². The molecule has 0 fully saturated rings. The molecule has 0 amide bonds. The lowest BCUT2D eigenvalue weighted by molar-refractivity contribution is -0.00429. The monoisotopic (exact) mass is 263 g/mol. The predicted molar refractivity (Wildman–Crippen MR) is 82.6 cm³/mol. The summed E-state index contributed by atoms with van der Waals surface area (Å²) in [4.78, 5) is 2.32. The maximum Gasteiger partial charge on any atom is 0.0758 e. The minimum absolute atomic E-state index is 0.196. The average molecular weight is 263 g/mol. The quantitative estimate of drug-likeness (QED) is 0.851. The highest BCUT2D eigenvalue weighted by atomic mass is 16.3. The van der Waals surface area contributed by atoms with Gasteiger partial charge in [0.25, 0.3) is 0 Å². The molecule has 0 saturated carbocycles. The Labute approximate surface area is 118 Å². The summed E-state index contributed by atoms with van der Waals surface area (Å²) in [6.07, 6.45) is 0.370. The lowest BCUT2D eigenvalue weighted by Gasteiger charge is -2.41. The fourth-order valence-corrected chi connectivity index (χ4v) is 2.86. The molecule has 0 radical (unpaired) electrons. The summed E-state index contributed by atoms with van der Waals surface area (Å²) >= 11 is 0. The molecule has 0 saturated heterocycles. The van der Waals surface area contributed by atoms with E-state index in [9.17, 15) is 5.11 Å². The highest BCUT2D eigenvalue weighted by Gasteiger charge is 2.33. The third-order valence-corrected chi connectivity index (χ3v) is 4.44. The first-order valence-electron chi connectivity index (χ1n) is 7.32. The van der Waals surface area contributed by atoms with Gasteiger partial charge in [-0.25, -0.2) is 0 Å². The highest BCUT2D eigenvalue weighted by Crippen LogP contribution is 2.24. The first-order valence-corrected chi connectivity index (χ1v) is 7.32. The zero-order chi connectivity index (χ0) is 14.6. The van der Waals surface area contributed by atoms with Gasteiger partial charge in [0.1, 0.15) is 0 Å². The molecule has 2 nitrogen and oxygen atoms in total. The molecule has 0 aliphatic rings. The van der Waals surface area contributed by atoms with Gasteiger partial charge in [0.05, 0.1) is 6.10 Å². The number of hydrogen-bond acceptors (Lipinski definition) is 2. The number of rotatable bonds is 6. The van der Waals surface area contributed by atoms with Crippen molar-refractivity contribution >= 4 is 0 Å². The van der Waals surface area contributed by atoms with Gasteiger partial charge in [0.15, 0.2) is 0 Å². The van der Waals surface area contributed by atoms with Crippen molar-refractivity contribution in [1.29, 1.82) is 0 Å². The fraction of sp³-hybridized carbons (Fsp3) is 0.647. The summed E-state index contributed by atoms with van der Waals surface area (Å²) in [5, 5.41) is 10.7. The topological polar surface area (TPSA) is 23.5 Å². The van der Waals surface area contributed by atoms with E-state index in [2.05, 4.69) is 64.6 Å². The maximum atomic E-state index is 10.7. The third-order valence-electron chi connectivity index (χ3n) is 4.44. The zero-order valence-electron chi connectivity index (χ0n) is 13.3.